The lowest BCUT2D eigenvalue weighted by molar-refractivity contribution is -0.161. The second-order valence-corrected chi connectivity index (χ2v) is 10.7. The van der Waals surface area contributed by atoms with E-state index in [0.717, 1.165) is 30.6 Å². The van der Waals surface area contributed by atoms with E-state index in [1.807, 2.05) is 13.0 Å². The van der Waals surface area contributed by atoms with E-state index in [1.54, 1.807) is 6.07 Å². The SMILES string of the molecule is Cc1cccc(C2CC2)c1Oc1nnc(Cl)cc1OC(=O)C12CC3CC(CC(C3)C1)C2. The number of hydrogen-bond donors (Lipinski definition) is 0. The fraction of sp³-hybridized carbons (Fsp3) is 0.560. The van der Waals surface area contributed by atoms with E-state index < -0.39 is 0 Å². The summed E-state index contributed by atoms with van der Waals surface area (Å²) in [5.74, 6) is 3.64. The molecule has 2 aromatic rings. The third-order valence-electron chi connectivity index (χ3n) is 7.83. The minimum absolute atomic E-state index is 0.146. The van der Waals surface area contributed by atoms with Gasteiger partial charge in [-0.25, -0.2) is 0 Å². The summed E-state index contributed by atoms with van der Waals surface area (Å²) in [6, 6.07) is 7.73. The number of aryl methyl sites for hydroxylation is 1. The summed E-state index contributed by atoms with van der Waals surface area (Å²) in [5, 5.41) is 8.30. The molecule has 7 rings (SSSR count). The van der Waals surface area contributed by atoms with Crippen LogP contribution in [-0.2, 0) is 4.79 Å². The predicted octanol–water partition coefficient (Wildman–Crippen LogP) is 6.23. The van der Waals surface area contributed by atoms with Crippen LogP contribution in [0.15, 0.2) is 24.3 Å². The number of nitrogens with zero attached hydrogens (tertiary/aromatic N) is 2. The van der Waals surface area contributed by atoms with Crippen molar-refractivity contribution >= 4 is 17.6 Å². The van der Waals surface area contributed by atoms with E-state index in [4.69, 9.17) is 21.1 Å². The molecule has 0 unspecified atom stereocenters. The van der Waals surface area contributed by atoms with Crippen molar-refractivity contribution in [2.75, 3.05) is 0 Å². The minimum atomic E-state index is -0.358. The van der Waals surface area contributed by atoms with Crippen molar-refractivity contribution in [3.8, 4) is 17.4 Å². The van der Waals surface area contributed by atoms with Crippen molar-refractivity contribution in [2.24, 2.45) is 23.2 Å². The van der Waals surface area contributed by atoms with Crippen LogP contribution >= 0.6 is 11.6 Å². The van der Waals surface area contributed by atoms with E-state index in [1.165, 1.54) is 37.7 Å². The Hall–Kier alpha value is -2.14. The number of aromatic nitrogens is 2. The van der Waals surface area contributed by atoms with Gasteiger partial charge in [0, 0.05) is 6.07 Å². The molecule has 5 aliphatic carbocycles. The van der Waals surface area contributed by atoms with Crippen molar-refractivity contribution in [2.45, 2.75) is 64.2 Å². The summed E-state index contributed by atoms with van der Waals surface area (Å²) in [6.07, 6.45) is 9.01. The molecule has 5 aliphatic rings. The van der Waals surface area contributed by atoms with Crippen LogP contribution in [0.4, 0.5) is 0 Å². The van der Waals surface area contributed by atoms with Gasteiger partial charge in [-0.3, -0.25) is 4.79 Å². The van der Waals surface area contributed by atoms with Crippen molar-refractivity contribution < 1.29 is 14.3 Å². The maximum atomic E-state index is 13.5. The highest BCUT2D eigenvalue weighted by atomic mass is 35.5. The van der Waals surface area contributed by atoms with Gasteiger partial charge in [-0.15, -0.1) is 10.2 Å². The summed E-state index contributed by atoms with van der Waals surface area (Å²) in [7, 11) is 0. The summed E-state index contributed by atoms with van der Waals surface area (Å²) in [4.78, 5) is 13.5. The summed E-state index contributed by atoms with van der Waals surface area (Å²) < 4.78 is 12.2. The molecule has 4 bridgehead atoms. The number of para-hydroxylation sites is 1. The molecule has 0 saturated heterocycles. The average molecular weight is 439 g/mol. The smallest absolute Gasteiger partial charge is 0.317 e. The lowest BCUT2D eigenvalue weighted by Gasteiger charge is -2.55. The number of halogens is 1. The zero-order valence-electron chi connectivity index (χ0n) is 17.8. The van der Waals surface area contributed by atoms with Gasteiger partial charge in [-0.05, 0) is 93.1 Å². The van der Waals surface area contributed by atoms with Crippen LogP contribution in [0.1, 0.15) is 68.4 Å². The van der Waals surface area contributed by atoms with E-state index in [9.17, 15) is 4.79 Å². The molecule has 0 aliphatic heterocycles. The number of carbonyl (C=O) groups is 1. The van der Waals surface area contributed by atoms with E-state index in [-0.39, 0.29) is 28.2 Å². The molecule has 0 N–H and O–H groups in total. The Balaban J connectivity index is 1.30. The molecule has 5 nitrogen and oxygen atoms in total. The number of benzene rings is 1. The highest BCUT2D eigenvalue weighted by molar-refractivity contribution is 6.29. The fourth-order valence-corrected chi connectivity index (χ4v) is 6.82. The summed E-state index contributed by atoms with van der Waals surface area (Å²) in [5.41, 5.74) is 1.85. The third kappa shape index (κ3) is 3.51. The van der Waals surface area contributed by atoms with Crippen LogP contribution in [0.5, 0.6) is 17.4 Å². The van der Waals surface area contributed by atoms with Crippen molar-refractivity contribution in [3.05, 3.63) is 40.5 Å². The number of esters is 1. The van der Waals surface area contributed by atoms with E-state index >= 15 is 0 Å². The molecule has 0 atom stereocenters. The number of ether oxygens (including phenoxy) is 2. The largest absolute Gasteiger partial charge is 0.434 e. The van der Waals surface area contributed by atoms with Crippen LogP contribution in [0, 0.1) is 30.1 Å². The molecular weight excluding hydrogens is 412 g/mol. The highest BCUT2D eigenvalue weighted by Crippen LogP contribution is 2.60. The monoisotopic (exact) mass is 438 g/mol. The van der Waals surface area contributed by atoms with Gasteiger partial charge in [0.1, 0.15) is 5.75 Å². The Kier molecular flexibility index (Phi) is 4.53. The van der Waals surface area contributed by atoms with Crippen molar-refractivity contribution in [1.29, 1.82) is 0 Å². The minimum Gasteiger partial charge on any atom is -0.434 e. The van der Waals surface area contributed by atoms with Gasteiger partial charge in [0.15, 0.2) is 10.9 Å². The van der Waals surface area contributed by atoms with Crippen LogP contribution in [0.3, 0.4) is 0 Å². The van der Waals surface area contributed by atoms with Crippen LogP contribution in [0.25, 0.3) is 0 Å². The van der Waals surface area contributed by atoms with E-state index in [2.05, 4.69) is 22.3 Å². The molecular formula is C25H27ClN2O3. The van der Waals surface area contributed by atoms with Gasteiger partial charge < -0.3 is 9.47 Å². The number of carbonyl (C=O) groups excluding carboxylic acids is 1. The Morgan fingerprint density at radius 3 is 2.39 bits per heavy atom. The van der Waals surface area contributed by atoms with Crippen LogP contribution in [0.2, 0.25) is 5.15 Å². The Labute approximate surface area is 187 Å². The average Bonchev–Trinajstić information content (AvgIpc) is 3.55. The lowest BCUT2D eigenvalue weighted by Crippen LogP contribution is -2.51. The summed E-state index contributed by atoms with van der Waals surface area (Å²) in [6.45, 7) is 2.02. The van der Waals surface area contributed by atoms with Crippen molar-refractivity contribution in [3.63, 3.8) is 0 Å². The first-order valence-electron chi connectivity index (χ1n) is 11.5. The molecule has 31 heavy (non-hydrogen) atoms. The molecule has 1 aromatic carbocycles. The Morgan fingerprint density at radius 2 is 1.74 bits per heavy atom. The molecule has 5 fully saturated rings. The molecule has 5 saturated carbocycles. The molecule has 162 valence electrons. The zero-order chi connectivity index (χ0) is 21.2. The van der Waals surface area contributed by atoms with Gasteiger partial charge in [-0.1, -0.05) is 29.8 Å². The molecule has 0 radical (unpaired) electrons. The maximum Gasteiger partial charge on any atom is 0.317 e. The maximum absolute atomic E-state index is 13.5. The molecule has 1 heterocycles. The van der Waals surface area contributed by atoms with Gasteiger partial charge >= 0.3 is 5.97 Å². The van der Waals surface area contributed by atoms with Gasteiger partial charge in [0.25, 0.3) is 5.88 Å². The molecule has 1 aromatic heterocycles. The molecule has 6 heteroatoms. The highest BCUT2D eigenvalue weighted by Gasteiger charge is 2.55. The van der Waals surface area contributed by atoms with Gasteiger partial charge in [0.2, 0.25) is 0 Å². The Bertz CT molecular complexity index is 1010. The first kappa shape index (κ1) is 19.5. The second-order valence-electron chi connectivity index (χ2n) is 10.3. The fourth-order valence-electron chi connectivity index (χ4n) is 6.68. The van der Waals surface area contributed by atoms with Crippen LogP contribution < -0.4 is 9.47 Å². The molecule has 0 amide bonds. The lowest BCUT2D eigenvalue weighted by atomic mass is 9.49. The third-order valence-corrected chi connectivity index (χ3v) is 8.01. The second kappa shape index (κ2) is 7.19. The quantitative estimate of drug-likeness (QED) is 0.518. The first-order chi connectivity index (χ1) is 15.0. The molecule has 0 spiro atoms. The van der Waals surface area contributed by atoms with Crippen LogP contribution in [-0.4, -0.2) is 16.2 Å². The van der Waals surface area contributed by atoms with Gasteiger partial charge in [0.05, 0.1) is 5.41 Å². The first-order valence-corrected chi connectivity index (χ1v) is 11.9. The standard InChI is InChI=1S/C25H27ClN2O3/c1-14-3-2-4-19(18-5-6-18)22(14)31-23-20(10-21(26)27-28-23)30-24(29)25-11-15-7-16(12-25)9-17(8-15)13-25/h2-4,10,15-18H,5-9,11-13H2,1H3. The normalized spacial score (nSPS) is 31.0. The topological polar surface area (TPSA) is 61.3 Å². The number of hydrogen-bond acceptors (Lipinski definition) is 5. The predicted molar refractivity (Wildman–Crippen MR) is 117 cm³/mol. The van der Waals surface area contributed by atoms with E-state index in [0.29, 0.717) is 23.7 Å². The van der Waals surface area contributed by atoms with Crippen molar-refractivity contribution in [1.82, 2.24) is 10.2 Å². The zero-order valence-corrected chi connectivity index (χ0v) is 18.5. The summed E-state index contributed by atoms with van der Waals surface area (Å²) >= 11 is 6.12. The number of rotatable bonds is 5. The van der Waals surface area contributed by atoms with Gasteiger partial charge in [-0.2, -0.15) is 0 Å². The Morgan fingerprint density at radius 1 is 1.06 bits per heavy atom.